The van der Waals surface area contributed by atoms with Crippen molar-refractivity contribution in [1.29, 1.82) is 0 Å². The molecule has 0 saturated carbocycles. The van der Waals surface area contributed by atoms with Gasteiger partial charge in [-0.25, -0.2) is 0 Å². The summed E-state index contributed by atoms with van der Waals surface area (Å²) in [6.07, 6.45) is 1.57. The number of carbonyl (C=O) groups is 2. The third-order valence-electron chi connectivity index (χ3n) is 5.86. The van der Waals surface area contributed by atoms with Gasteiger partial charge in [-0.15, -0.1) is 0 Å². The van der Waals surface area contributed by atoms with Gasteiger partial charge in [0.2, 0.25) is 0 Å². The molecule has 8 heteroatoms. The highest BCUT2D eigenvalue weighted by molar-refractivity contribution is 9.10. The van der Waals surface area contributed by atoms with Crippen molar-refractivity contribution in [2.24, 2.45) is 0 Å². The topological polar surface area (TPSA) is 49.9 Å². The molecule has 1 aliphatic heterocycles. The lowest BCUT2D eigenvalue weighted by atomic mass is 10.0. The molecule has 0 bridgehead atoms. The number of amides is 2. The smallest absolute Gasteiger partial charge is 0.270 e. The van der Waals surface area contributed by atoms with Gasteiger partial charge in [0.25, 0.3) is 11.8 Å². The molecule has 0 atom stereocenters. The van der Waals surface area contributed by atoms with Crippen LogP contribution in [0.3, 0.4) is 0 Å². The number of para-hydroxylation sites is 2. The van der Waals surface area contributed by atoms with Gasteiger partial charge in [-0.3, -0.25) is 19.4 Å². The van der Waals surface area contributed by atoms with E-state index in [-0.39, 0.29) is 10.7 Å². The fraction of sp³-hybridized carbons (Fsp3) is 0.0333. The second kappa shape index (κ2) is 11.4. The van der Waals surface area contributed by atoms with E-state index < -0.39 is 11.8 Å². The Hall–Kier alpha value is -3.59. The molecule has 188 valence electrons. The zero-order chi connectivity index (χ0) is 26.6. The monoisotopic (exact) mass is 646 g/mol. The van der Waals surface area contributed by atoms with E-state index in [9.17, 15) is 9.59 Å². The molecule has 2 amide bonds. The van der Waals surface area contributed by atoms with E-state index in [1.165, 1.54) is 9.80 Å². The molecule has 0 aliphatic carbocycles. The minimum Gasteiger partial charge on any atom is -0.488 e. The minimum atomic E-state index is -0.503. The first kappa shape index (κ1) is 26.0. The zero-order valence-electron chi connectivity index (χ0n) is 19.9. The predicted octanol–water partition coefficient (Wildman–Crippen LogP) is 7.54. The normalized spacial score (nSPS) is 13.6. The Morgan fingerprint density at radius 2 is 1.24 bits per heavy atom. The van der Waals surface area contributed by atoms with Crippen molar-refractivity contribution < 1.29 is 14.3 Å². The maximum Gasteiger partial charge on any atom is 0.270 e. The molecule has 0 spiro atoms. The number of carbonyl (C=O) groups excluding carboxylic acids is 2. The molecule has 0 aromatic heterocycles. The van der Waals surface area contributed by atoms with E-state index >= 15 is 0 Å². The molecule has 1 heterocycles. The van der Waals surface area contributed by atoms with E-state index in [4.69, 9.17) is 17.0 Å². The number of anilines is 2. The van der Waals surface area contributed by atoms with E-state index in [0.29, 0.717) is 29.3 Å². The van der Waals surface area contributed by atoms with Crippen LogP contribution >= 0.6 is 44.1 Å². The van der Waals surface area contributed by atoms with Gasteiger partial charge in [0.15, 0.2) is 5.11 Å². The summed E-state index contributed by atoms with van der Waals surface area (Å²) in [5.74, 6) is -0.468. The molecule has 0 radical (unpaired) electrons. The van der Waals surface area contributed by atoms with Gasteiger partial charge in [0.05, 0.1) is 11.4 Å². The summed E-state index contributed by atoms with van der Waals surface area (Å²) in [7, 11) is 0. The highest BCUT2D eigenvalue weighted by Gasteiger charge is 2.41. The first-order chi connectivity index (χ1) is 18.4. The van der Waals surface area contributed by atoms with Gasteiger partial charge < -0.3 is 4.74 Å². The summed E-state index contributed by atoms with van der Waals surface area (Å²) in [6, 6.07) is 31.4. The first-order valence-corrected chi connectivity index (χ1v) is 13.6. The Balaban J connectivity index is 1.57. The van der Waals surface area contributed by atoms with Gasteiger partial charge in [-0.05, 0) is 78.5 Å². The van der Waals surface area contributed by atoms with E-state index in [1.54, 1.807) is 30.3 Å². The Labute approximate surface area is 242 Å². The van der Waals surface area contributed by atoms with Crippen LogP contribution in [-0.2, 0) is 16.2 Å². The van der Waals surface area contributed by atoms with Gasteiger partial charge in [-0.1, -0.05) is 80.4 Å². The maximum atomic E-state index is 13.8. The molecule has 1 fully saturated rings. The average molecular weight is 648 g/mol. The van der Waals surface area contributed by atoms with Crippen molar-refractivity contribution >= 4 is 78.5 Å². The highest BCUT2D eigenvalue weighted by Crippen LogP contribution is 2.32. The van der Waals surface area contributed by atoms with Crippen molar-refractivity contribution in [2.45, 2.75) is 6.61 Å². The quantitative estimate of drug-likeness (QED) is 0.123. The summed E-state index contributed by atoms with van der Waals surface area (Å²) >= 11 is 12.6. The number of halogens is 2. The number of nitrogens with zero attached hydrogens (tertiary/aromatic N) is 2. The standard InChI is InChI=1S/C30H20Br2N2O3S/c31-22-13-11-20(12-14-22)19-37-27-16-15-23(32)17-21(27)18-26-28(35)33(24-7-3-1-4-8-24)30(38)34(29(26)36)25-9-5-2-6-10-25/h1-18H,19H2. The van der Waals surface area contributed by atoms with Crippen LogP contribution in [0.25, 0.3) is 6.08 Å². The van der Waals surface area contributed by atoms with Gasteiger partial charge in [0.1, 0.15) is 17.9 Å². The minimum absolute atomic E-state index is 0.0297. The average Bonchev–Trinajstić information content (AvgIpc) is 2.93. The lowest BCUT2D eigenvalue weighted by Gasteiger charge is -2.36. The molecule has 38 heavy (non-hydrogen) atoms. The number of hydrogen-bond acceptors (Lipinski definition) is 4. The number of benzene rings is 4. The predicted molar refractivity (Wildman–Crippen MR) is 161 cm³/mol. The molecule has 0 N–H and O–H groups in total. The number of hydrogen-bond donors (Lipinski definition) is 0. The zero-order valence-corrected chi connectivity index (χ0v) is 23.9. The maximum absolute atomic E-state index is 13.8. The molecule has 1 saturated heterocycles. The summed E-state index contributed by atoms with van der Waals surface area (Å²) in [4.78, 5) is 30.4. The molecular formula is C30H20Br2N2O3S. The second-order valence-electron chi connectivity index (χ2n) is 8.39. The number of rotatable bonds is 6. The second-order valence-corrected chi connectivity index (χ2v) is 10.6. The molecule has 1 aliphatic rings. The fourth-order valence-corrected chi connectivity index (χ4v) is 5.02. The summed E-state index contributed by atoms with van der Waals surface area (Å²) in [5.41, 5.74) is 2.68. The van der Waals surface area contributed by atoms with Crippen LogP contribution in [0.2, 0.25) is 0 Å². The third-order valence-corrected chi connectivity index (χ3v) is 7.24. The van der Waals surface area contributed by atoms with Crippen LogP contribution in [-0.4, -0.2) is 16.9 Å². The Morgan fingerprint density at radius 3 is 1.79 bits per heavy atom. The van der Waals surface area contributed by atoms with E-state index in [2.05, 4.69) is 31.9 Å². The Morgan fingerprint density at radius 1 is 0.711 bits per heavy atom. The lowest BCUT2D eigenvalue weighted by Crippen LogP contribution is -2.56. The molecule has 5 nitrogen and oxygen atoms in total. The van der Waals surface area contributed by atoms with Crippen molar-refractivity contribution in [3.05, 3.63) is 129 Å². The van der Waals surface area contributed by atoms with E-state index in [1.807, 2.05) is 78.9 Å². The van der Waals surface area contributed by atoms with Crippen molar-refractivity contribution in [1.82, 2.24) is 0 Å². The van der Waals surface area contributed by atoms with Crippen LogP contribution in [0.1, 0.15) is 11.1 Å². The molecular weight excluding hydrogens is 628 g/mol. The third kappa shape index (κ3) is 5.48. The summed E-state index contributed by atoms with van der Waals surface area (Å²) in [5, 5.41) is 0.0931. The van der Waals surface area contributed by atoms with Gasteiger partial charge in [0, 0.05) is 14.5 Å². The molecule has 4 aromatic rings. The summed E-state index contributed by atoms with van der Waals surface area (Å²) in [6.45, 7) is 0.323. The van der Waals surface area contributed by atoms with Crippen molar-refractivity contribution in [2.75, 3.05) is 9.80 Å². The number of ether oxygens (including phenoxy) is 1. The molecule has 0 unspecified atom stereocenters. The highest BCUT2D eigenvalue weighted by atomic mass is 79.9. The van der Waals surface area contributed by atoms with Crippen molar-refractivity contribution in [3.8, 4) is 5.75 Å². The first-order valence-electron chi connectivity index (χ1n) is 11.6. The fourth-order valence-electron chi connectivity index (χ4n) is 4.00. The summed E-state index contributed by atoms with van der Waals surface area (Å²) < 4.78 is 7.88. The number of thiocarbonyl (C=S) groups is 1. The van der Waals surface area contributed by atoms with E-state index in [0.717, 1.165) is 14.5 Å². The van der Waals surface area contributed by atoms with Crippen LogP contribution < -0.4 is 14.5 Å². The van der Waals surface area contributed by atoms with Crippen molar-refractivity contribution in [3.63, 3.8) is 0 Å². The molecule has 4 aromatic carbocycles. The van der Waals surface area contributed by atoms with Gasteiger partial charge >= 0.3 is 0 Å². The Kier molecular flexibility index (Phi) is 7.83. The van der Waals surface area contributed by atoms with Gasteiger partial charge in [-0.2, -0.15) is 0 Å². The van der Waals surface area contributed by atoms with Crippen LogP contribution in [0, 0.1) is 0 Å². The SMILES string of the molecule is O=C1C(=Cc2cc(Br)ccc2OCc2ccc(Br)cc2)C(=O)N(c2ccccc2)C(=S)N1c1ccccc1. The van der Waals surface area contributed by atoms with Crippen LogP contribution in [0.4, 0.5) is 11.4 Å². The largest absolute Gasteiger partial charge is 0.488 e. The van der Waals surface area contributed by atoms with Crippen LogP contribution in [0.5, 0.6) is 5.75 Å². The molecule has 5 rings (SSSR count). The van der Waals surface area contributed by atoms with Crippen LogP contribution in [0.15, 0.2) is 118 Å². The Bertz CT molecular complexity index is 1480. The lowest BCUT2D eigenvalue weighted by molar-refractivity contribution is -0.120.